The van der Waals surface area contributed by atoms with Crippen LogP contribution in [0.25, 0.3) is 0 Å². The molecule has 0 aromatic rings. The monoisotopic (exact) mass is 138 g/mol. The van der Waals surface area contributed by atoms with Crippen LogP contribution in [0.5, 0.6) is 0 Å². The van der Waals surface area contributed by atoms with Gasteiger partial charge >= 0.3 is 0 Å². The largest absolute Gasteiger partial charge is 0.402 e. The topological polar surface area (TPSA) is 52.0 Å². The Balaban J connectivity index is 4.79. The third-order valence-electron chi connectivity index (χ3n) is 1.14. The molecule has 0 fully saturated rings. The van der Waals surface area contributed by atoms with Crippen molar-refractivity contribution in [1.82, 2.24) is 0 Å². The molecule has 0 aliphatic rings. The third kappa shape index (κ3) is 1.97. The zero-order valence-electron chi connectivity index (χ0n) is 6.57. The van der Waals surface area contributed by atoms with Gasteiger partial charge in [0, 0.05) is 17.0 Å². The summed E-state index contributed by atoms with van der Waals surface area (Å²) in [6.45, 7) is 10.9. The maximum absolute atomic E-state index is 5.52. The molecular weight excluding hydrogens is 124 g/mol. The lowest BCUT2D eigenvalue weighted by molar-refractivity contribution is 1.18. The maximum Gasteiger partial charge on any atom is 0.0334 e. The zero-order valence-corrected chi connectivity index (χ0v) is 6.57. The van der Waals surface area contributed by atoms with Gasteiger partial charge in [-0.15, -0.1) is 0 Å². The Morgan fingerprint density at radius 1 is 1.10 bits per heavy atom. The average Bonchev–Trinajstić information content (AvgIpc) is 1.59. The second-order valence-electron chi connectivity index (χ2n) is 2.36. The minimum atomic E-state index is 0.479. The Kier molecular flexibility index (Phi) is 2.74. The fraction of sp³-hybridized carbons (Fsp3) is 0.250. The Bertz CT molecular complexity index is 179. The van der Waals surface area contributed by atoms with Gasteiger partial charge in [0.2, 0.25) is 0 Å². The summed E-state index contributed by atoms with van der Waals surface area (Å²) in [5.74, 6) is 0. The number of hydrogen-bond donors (Lipinski definition) is 2. The summed E-state index contributed by atoms with van der Waals surface area (Å²) >= 11 is 0. The molecule has 0 saturated carbocycles. The van der Waals surface area contributed by atoms with E-state index >= 15 is 0 Å². The van der Waals surface area contributed by atoms with Crippen molar-refractivity contribution >= 4 is 0 Å². The molecule has 0 amide bonds. The molecule has 0 aromatic heterocycles. The molecule has 0 unspecified atom stereocenters. The summed E-state index contributed by atoms with van der Waals surface area (Å²) in [4.78, 5) is 0. The van der Waals surface area contributed by atoms with Crippen molar-refractivity contribution in [2.45, 2.75) is 13.8 Å². The minimum absolute atomic E-state index is 0.479. The van der Waals surface area contributed by atoms with Gasteiger partial charge in [-0.3, -0.25) is 0 Å². The predicted molar refractivity (Wildman–Crippen MR) is 45.0 cm³/mol. The van der Waals surface area contributed by atoms with E-state index in [0.717, 1.165) is 11.1 Å². The lowest BCUT2D eigenvalue weighted by Gasteiger charge is -2.07. The first kappa shape index (κ1) is 8.82. The van der Waals surface area contributed by atoms with Crippen LogP contribution in [0.15, 0.2) is 35.7 Å². The molecule has 0 spiro atoms. The van der Waals surface area contributed by atoms with E-state index < -0.39 is 0 Å². The van der Waals surface area contributed by atoms with Crippen LogP contribution < -0.4 is 11.5 Å². The van der Waals surface area contributed by atoms with Gasteiger partial charge in [-0.05, 0) is 19.4 Å². The van der Waals surface area contributed by atoms with E-state index in [4.69, 9.17) is 11.5 Å². The summed E-state index contributed by atoms with van der Waals surface area (Å²) in [6.07, 6.45) is 0. The van der Waals surface area contributed by atoms with Crippen LogP contribution in [0.4, 0.5) is 0 Å². The molecule has 0 bridgehead atoms. The highest BCUT2D eigenvalue weighted by atomic mass is 14.6. The van der Waals surface area contributed by atoms with Gasteiger partial charge in [0.05, 0.1) is 0 Å². The Morgan fingerprint density at radius 3 is 1.50 bits per heavy atom. The molecular formula is C8H14N2. The summed E-state index contributed by atoms with van der Waals surface area (Å²) < 4.78 is 0. The van der Waals surface area contributed by atoms with Crippen molar-refractivity contribution in [2.75, 3.05) is 0 Å². The quantitative estimate of drug-likeness (QED) is 0.564. The average molecular weight is 138 g/mol. The molecule has 2 nitrogen and oxygen atoms in total. The normalized spacial score (nSPS) is 12.2. The van der Waals surface area contributed by atoms with Crippen LogP contribution in [0, 0.1) is 0 Å². The van der Waals surface area contributed by atoms with Crippen molar-refractivity contribution in [3.05, 3.63) is 35.7 Å². The predicted octanol–water partition coefficient (Wildman–Crippen LogP) is 1.27. The second kappa shape index (κ2) is 3.11. The summed E-state index contributed by atoms with van der Waals surface area (Å²) in [7, 11) is 0. The summed E-state index contributed by atoms with van der Waals surface area (Å²) in [5.41, 5.74) is 13.7. The molecule has 10 heavy (non-hydrogen) atoms. The van der Waals surface area contributed by atoms with Crippen LogP contribution in [0.2, 0.25) is 0 Å². The number of allylic oxidation sites excluding steroid dienone is 2. The van der Waals surface area contributed by atoms with Crippen LogP contribution in [0.1, 0.15) is 13.8 Å². The van der Waals surface area contributed by atoms with Crippen LogP contribution in [-0.4, -0.2) is 0 Å². The van der Waals surface area contributed by atoms with Crippen molar-refractivity contribution in [2.24, 2.45) is 11.5 Å². The molecule has 56 valence electrons. The van der Waals surface area contributed by atoms with E-state index in [1.807, 2.05) is 6.92 Å². The summed E-state index contributed by atoms with van der Waals surface area (Å²) in [6, 6.07) is 0. The van der Waals surface area contributed by atoms with Gasteiger partial charge < -0.3 is 11.5 Å². The zero-order chi connectivity index (χ0) is 8.31. The highest BCUT2D eigenvalue weighted by molar-refractivity contribution is 5.43. The van der Waals surface area contributed by atoms with E-state index in [-0.39, 0.29) is 0 Å². The Labute approximate surface area is 61.9 Å². The minimum Gasteiger partial charge on any atom is -0.402 e. The van der Waals surface area contributed by atoms with Crippen molar-refractivity contribution in [3.63, 3.8) is 0 Å². The van der Waals surface area contributed by atoms with Crippen molar-refractivity contribution in [1.29, 1.82) is 0 Å². The second-order valence-corrected chi connectivity index (χ2v) is 2.36. The van der Waals surface area contributed by atoms with E-state index in [1.165, 1.54) is 0 Å². The number of hydrogen-bond acceptors (Lipinski definition) is 2. The molecule has 0 saturated heterocycles. The first-order chi connectivity index (χ1) is 4.46. The fourth-order valence-corrected chi connectivity index (χ4v) is 0.864. The van der Waals surface area contributed by atoms with Gasteiger partial charge in [-0.2, -0.15) is 0 Å². The van der Waals surface area contributed by atoms with Gasteiger partial charge in [-0.25, -0.2) is 0 Å². The van der Waals surface area contributed by atoms with Crippen LogP contribution in [0.3, 0.4) is 0 Å². The molecule has 0 heterocycles. The van der Waals surface area contributed by atoms with Crippen molar-refractivity contribution < 1.29 is 0 Å². The van der Waals surface area contributed by atoms with Crippen molar-refractivity contribution in [3.8, 4) is 0 Å². The molecule has 0 rings (SSSR count). The lowest BCUT2D eigenvalue weighted by Crippen LogP contribution is -2.06. The molecule has 0 aliphatic carbocycles. The molecule has 0 aromatic carbocycles. The molecule has 4 N–H and O–H groups in total. The fourth-order valence-electron chi connectivity index (χ4n) is 0.864. The molecule has 0 radical (unpaired) electrons. The number of nitrogens with two attached hydrogens (primary N) is 2. The van der Waals surface area contributed by atoms with E-state index in [1.54, 1.807) is 6.92 Å². The van der Waals surface area contributed by atoms with E-state index in [9.17, 15) is 0 Å². The lowest BCUT2D eigenvalue weighted by atomic mass is 10.1. The SMILES string of the molecule is C=C(C)/C(C(=C)N)=C(\C)N. The van der Waals surface area contributed by atoms with Gasteiger partial charge in [0.25, 0.3) is 0 Å². The molecule has 0 atom stereocenters. The maximum atomic E-state index is 5.52. The highest BCUT2D eigenvalue weighted by Gasteiger charge is 2.01. The molecule has 2 heteroatoms. The van der Waals surface area contributed by atoms with Gasteiger partial charge in [0.1, 0.15) is 0 Å². The molecule has 0 aliphatic heterocycles. The standard InChI is InChI=1S/C8H14N2/c1-5(2)8(6(3)9)7(4)10/h1,3,9-10H2,2,4H3/b8-7-. The van der Waals surface area contributed by atoms with Gasteiger partial charge in [0.15, 0.2) is 0 Å². The Hall–Kier alpha value is -1.18. The first-order valence-electron chi connectivity index (χ1n) is 3.03. The number of rotatable bonds is 2. The Morgan fingerprint density at radius 2 is 1.50 bits per heavy atom. The first-order valence-corrected chi connectivity index (χ1v) is 3.03. The summed E-state index contributed by atoms with van der Waals surface area (Å²) in [5, 5.41) is 0. The van der Waals surface area contributed by atoms with Gasteiger partial charge in [-0.1, -0.05) is 13.2 Å². The highest BCUT2D eigenvalue weighted by Crippen LogP contribution is 2.13. The van der Waals surface area contributed by atoms with E-state index in [2.05, 4.69) is 13.2 Å². The smallest absolute Gasteiger partial charge is 0.0334 e. The third-order valence-corrected chi connectivity index (χ3v) is 1.14. The van der Waals surface area contributed by atoms with E-state index in [0.29, 0.717) is 11.4 Å². The van der Waals surface area contributed by atoms with Crippen LogP contribution >= 0.6 is 0 Å². The van der Waals surface area contributed by atoms with Crippen LogP contribution in [-0.2, 0) is 0 Å².